The summed E-state index contributed by atoms with van der Waals surface area (Å²) in [5.74, 6) is -0.151. The van der Waals surface area contributed by atoms with E-state index in [4.69, 9.17) is 0 Å². The van der Waals surface area contributed by atoms with Crippen molar-refractivity contribution in [2.24, 2.45) is 0 Å². The molecule has 2 rings (SSSR count). The fourth-order valence-corrected chi connectivity index (χ4v) is 3.50. The molecule has 1 aromatic rings. The lowest BCUT2D eigenvalue weighted by Gasteiger charge is -2.31. The minimum atomic E-state index is -3.18. The molecule has 1 heterocycles. The molecular weight excluding hydrogens is 391 g/mol. The number of benzene rings is 1. The third-order valence-electron chi connectivity index (χ3n) is 3.29. The average Bonchev–Trinajstić information content (AvgIpc) is 2.38. The summed E-state index contributed by atoms with van der Waals surface area (Å²) in [5, 5.41) is 2.91. The molecule has 1 saturated heterocycles. The summed E-state index contributed by atoms with van der Waals surface area (Å²) >= 11 is 2.18. The van der Waals surface area contributed by atoms with Crippen LogP contribution in [0, 0.1) is 3.57 Å². The molecule has 20 heavy (non-hydrogen) atoms. The Bertz CT molecular complexity index is 586. The highest BCUT2D eigenvalue weighted by molar-refractivity contribution is 14.1. The van der Waals surface area contributed by atoms with Crippen molar-refractivity contribution in [1.82, 2.24) is 9.62 Å². The Hall–Kier alpha value is -0.670. The van der Waals surface area contributed by atoms with Crippen molar-refractivity contribution in [3.8, 4) is 0 Å². The predicted molar refractivity (Wildman–Crippen MR) is 86.1 cm³/mol. The molecule has 1 aliphatic rings. The molecule has 1 aromatic carbocycles. The van der Waals surface area contributed by atoms with Crippen LogP contribution in [0.5, 0.6) is 0 Å². The molecule has 1 atom stereocenters. The quantitative estimate of drug-likeness (QED) is 0.770. The monoisotopic (exact) mass is 408 g/mol. The van der Waals surface area contributed by atoms with Gasteiger partial charge in [-0.2, -0.15) is 0 Å². The maximum absolute atomic E-state index is 12.1. The van der Waals surface area contributed by atoms with Crippen LogP contribution in [0.25, 0.3) is 0 Å². The zero-order valence-corrected chi connectivity index (χ0v) is 14.1. The van der Waals surface area contributed by atoms with E-state index in [9.17, 15) is 13.2 Å². The molecule has 5 nitrogen and oxygen atoms in total. The van der Waals surface area contributed by atoms with Crippen molar-refractivity contribution >= 4 is 38.5 Å². The first-order valence-corrected chi connectivity index (χ1v) is 9.30. The number of hydrogen-bond donors (Lipinski definition) is 1. The van der Waals surface area contributed by atoms with E-state index in [-0.39, 0.29) is 11.9 Å². The minimum Gasteiger partial charge on any atom is -0.348 e. The van der Waals surface area contributed by atoms with Gasteiger partial charge in [-0.05, 0) is 59.7 Å². The van der Waals surface area contributed by atoms with E-state index >= 15 is 0 Å². The van der Waals surface area contributed by atoms with Gasteiger partial charge in [-0.1, -0.05) is 0 Å². The summed E-state index contributed by atoms with van der Waals surface area (Å²) in [4.78, 5) is 12.1. The van der Waals surface area contributed by atoms with Gasteiger partial charge in [0.25, 0.3) is 5.91 Å². The van der Waals surface area contributed by atoms with Gasteiger partial charge in [0.2, 0.25) is 10.0 Å². The third-order valence-corrected chi connectivity index (χ3v) is 5.28. The number of nitrogens with zero attached hydrogens (tertiary/aromatic N) is 1. The van der Waals surface area contributed by atoms with Gasteiger partial charge in [0.15, 0.2) is 0 Å². The first-order chi connectivity index (χ1) is 9.36. The fraction of sp³-hybridized carbons (Fsp3) is 0.462. The van der Waals surface area contributed by atoms with Gasteiger partial charge < -0.3 is 5.32 Å². The van der Waals surface area contributed by atoms with Crippen molar-refractivity contribution in [3.05, 3.63) is 33.4 Å². The average molecular weight is 408 g/mol. The van der Waals surface area contributed by atoms with Crippen LogP contribution in [-0.4, -0.2) is 44.0 Å². The van der Waals surface area contributed by atoms with Gasteiger partial charge in [-0.3, -0.25) is 4.79 Å². The van der Waals surface area contributed by atoms with E-state index in [1.165, 1.54) is 10.6 Å². The molecule has 0 aromatic heterocycles. The Balaban J connectivity index is 1.99. The molecule has 1 N–H and O–H groups in total. The highest BCUT2D eigenvalue weighted by Crippen LogP contribution is 2.14. The smallest absolute Gasteiger partial charge is 0.251 e. The molecule has 1 unspecified atom stereocenters. The summed E-state index contributed by atoms with van der Waals surface area (Å²) in [6, 6.07) is 7.17. The first-order valence-electron chi connectivity index (χ1n) is 6.38. The second-order valence-electron chi connectivity index (χ2n) is 4.94. The number of piperidine rings is 1. The molecule has 1 aliphatic heterocycles. The summed E-state index contributed by atoms with van der Waals surface area (Å²) in [7, 11) is -3.18. The lowest BCUT2D eigenvalue weighted by molar-refractivity contribution is 0.0921. The standard InChI is InChI=1S/C13H17IN2O3S/c1-20(18,19)16-8-2-3-12(9-16)15-13(17)10-4-6-11(14)7-5-10/h4-7,12H,2-3,8-9H2,1H3,(H,15,17). The van der Waals surface area contributed by atoms with Crippen LogP contribution in [-0.2, 0) is 10.0 Å². The van der Waals surface area contributed by atoms with Crippen LogP contribution in [0.2, 0.25) is 0 Å². The van der Waals surface area contributed by atoms with E-state index in [0.29, 0.717) is 18.7 Å². The molecular formula is C13H17IN2O3S. The molecule has 0 radical (unpaired) electrons. The first kappa shape index (κ1) is 15.7. The van der Waals surface area contributed by atoms with Crippen LogP contribution in [0.1, 0.15) is 23.2 Å². The number of carbonyl (C=O) groups is 1. The third kappa shape index (κ3) is 4.16. The van der Waals surface area contributed by atoms with Crippen molar-refractivity contribution in [3.63, 3.8) is 0 Å². The Labute approximate surface area is 132 Å². The summed E-state index contributed by atoms with van der Waals surface area (Å²) in [6.45, 7) is 0.893. The topological polar surface area (TPSA) is 66.5 Å². The minimum absolute atomic E-state index is 0.120. The van der Waals surface area contributed by atoms with Crippen molar-refractivity contribution in [2.45, 2.75) is 18.9 Å². The van der Waals surface area contributed by atoms with Crippen molar-refractivity contribution in [1.29, 1.82) is 0 Å². The Morgan fingerprint density at radius 2 is 2.00 bits per heavy atom. The lowest BCUT2D eigenvalue weighted by atomic mass is 10.1. The Morgan fingerprint density at radius 3 is 2.60 bits per heavy atom. The molecule has 0 aliphatic carbocycles. The largest absolute Gasteiger partial charge is 0.348 e. The molecule has 1 amide bonds. The van der Waals surface area contributed by atoms with E-state index < -0.39 is 10.0 Å². The van der Waals surface area contributed by atoms with Crippen LogP contribution < -0.4 is 5.32 Å². The maximum Gasteiger partial charge on any atom is 0.251 e. The molecule has 1 fully saturated rings. The van der Waals surface area contributed by atoms with Crippen LogP contribution in [0.15, 0.2) is 24.3 Å². The molecule has 110 valence electrons. The SMILES string of the molecule is CS(=O)(=O)N1CCCC(NC(=O)c2ccc(I)cc2)C1. The summed E-state index contributed by atoms with van der Waals surface area (Å²) in [5.41, 5.74) is 0.599. The zero-order valence-electron chi connectivity index (χ0n) is 11.2. The highest BCUT2D eigenvalue weighted by Gasteiger charge is 2.26. The van der Waals surface area contributed by atoms with Crippen molar-refractivity contribution < 1.29 is 13.2 Å². The van der Waals surface area contributed by atoms with Gasteiger partial charge in [0.1, 0.15) is 0 Å². The van der Waals surface area contributed by atoms with Gasteiger partial charge in [-0.25, -0.2) is 12.7 Å². The van der Waals surface area contributed by atoms with Crippen molar-refractivity contribution in [2.75, 3.05) is 19.3 Å². The van der Waals surface area contributed by atoms with Gasteiger partial charge >= 0.3 is 0 Å². The number of halogens is 1. The summed E-state index contributed by atoms with van der Waals surface area (Å²) in [6.07, 6.45) is 2.78. The molecule has 7 heteroatoms. The van der Waals surface area contributed by atoms with E-state index in [2.05, 4.69) is 27.9 Å². The Morgan fingerprint density at radius 1 is 1.35 bits per heavy atom. The van der Waals surface area contributed by atoms with Crippen LogP contribution in [0.3, 0.4) is 0 Å². The Kier molecular flexibility index (Phi) is 5.03. The predicted octanol–water partition coefficient (Wildman–Crippen LogP) is 1.44. The van der Waals surface area contributed by atoms with E-state index in [1.807, 2.05) is 12.1 Å². The van der Waals surface area contributed by atoms with Crippen LogP contribution >= 0.6 is 22.6 Å². The second kappa shape index (κ2) is 6.40. The highest BCUT2D eigenvalue weighted by atomic mass is 127. The van der Waals surface area contributed by atoms with Gasteiger partial charge in [0.05, 0.1) is 6.26 Å². The molecule has 0 saturated carbocycles. The number of sulfonamides is 1. The van der Waals surface area contributed by atoms with Gasteiger partial charge in [-0.15, -0.1) is 0 Å². The van der Waals surface area contributed by atoms with Gasteiger partial charge in [0, 0.05) is 28.3 Å². The normalized spacial score (nSPS) is 20.6. The lowest BCUT2D eigenvalue weighted by Crippen LogP contribution is -2.49. The number of carbonyl (C=O) groups excluding carboxylic acids is 1. The van der Waals surface area contributed by atoms with E-state index in [0.717, 1.165) is 16.4 Å². The molecule has 0 bridgehead atoms. The molecule has 0 spiro atoms. The van der Waals surface area contributed by atoms with E-state index in [1.54, 1.807) is 12.1 Å². The number of amides is 1. The number of hydrogen-bond acceptors (Lipinski definition) is 3. The number of rotatable bonds is 3. The van der Waals surface area contributed by atoms with Crippen LogP contribution in [0.4, 0.5) is 0 Å². The summed E-state index contributed by atoms with van der Waals surface area (Å²) < 4.78 is 25.6. The number of nitrogens with one attached hydrogen (secondary N) is 1. The second-order valence-corrected chi connectivity index (χ2v) is 8.17. The zero-order chi connectivity index (χ0) is 14.8. The maximum atomic E-state index is 12.1. The fourth-order valence-electron chi connectivity index (χ4n) is 2.23.